The molecule has 3 heterocycles. The lowest BCUT2D eigenvalue weighted by Crippen LogP contribution is -2.29. The van der Waals surface area contributed by atoms with Gasteiger partial charge >= 0.3 is 5.91 Å². The van der Waals surface area contributed by atoms with Crippen molar-refractivity contribution in [3.8, 4) is 0 Å². The summed E-state index contributed by atoms with van der Waals surface area (Å²) in [6.45, 7) is 3.42. The number of carbonyl (C=O) groups excluding carboxylic acids is 2. The number of amides is 1. The number of hydrogen-bond acceptors (Lipinski definition) is 6. The Kier molecular flexibility index (Phi) is 5.42. The summed E-state index contributed by atoms with van der Waals surface area (Å²) in [5, 5.41) is 12.0. The molecule has 1 amide bonds. The summed E-state index contributed by atoms with van der Waals surface area (Å²) in [6.07, 6.45) is 1.54. The van der Waals surface area contributed by atoms with Crippen molar-refractivity contribution in [2.45, 2.75) is 19.9 Å². The zero-order valence-electron chi connectivity index (χ0n) is 18.0. The molecule has 1 aliphatic rings. The number of fused-ring (bicyclic) bond motifs is 1. The summed E-state index contributed by atoms with van der Waals surface area (Å²) < 4.78 is 14.6. The molecule has 2 aromatic heterocycles. The van der Waals surface area contributed by atoms with Gasteiger partial charge in [0.1, 0.15) is 17.6 Å². The molecule has 34 heavy (non-hydrogen) atoms. The summed E-state index contributed by atoms with van der Waals surface area (Å²) in [6, 6.07) is 11.7. The first-order chi connectivity index (χ1) is 16.3. The fourth-order valence-electron chi connectivity index (χ4n) is 3.94. The number of aryl methyl sites for hydroxylation is 2. The van der Waals surface area contributed by atoms with Crippen molar-refractivity contribution < 1.29 is 19.1 Å². The summed E-state index contributed by atoms with van der Waals surface area (Å²) in [5.41, 5.74) is 2.22. The van der Waals surface area contributed by atoms with Crippen LogP contribution in [0, 0.1) is 19.7 Å². The van der Waals surface area contributed by atoms with Crippen molar-refractivity contribution in [1.29, 1.82) is 0 Å². The van der Waals surface area contributed by atoms with Crippen molar-refractivity contribution in [2.75, 3.05) is 4.90 Å². The molecule has 0 radical (unpaired) electrons. The quantitative estimate of drug-likeness (QED) is 0.224. The Balaban J connectivity index is 1.73. The maximum Gasteiger partial charge on any atom is 0.301 e. The molecular weight excluding hydrogens is 477 g/mol. The number of thiazole rings is 1. The topological polar surface area (TPSA) is 83.4 Å². The lowest BCUT2D eigenvalue weighted by molar-refractivity contribution is -0.132. The smallest absolute Gasteiger partial charge is 0.301 e. The van der Waals surface area contributed by atoms with Crippen molar-refractivity contribution in [3.05, 3.63) is 93.5 Å². The van der Waals surface area contributed by atoms with Gasteiger partial charge in [-0.2, -0.15) is 0 Å². The predicted octanol–water partition coefficient (Wildman–Crippen LogP) is 5.73. The Morgan fingerprint density at radius 1 is 1.12 bits per heavy atom. The third kappa shape index (κ3) is 3.55. The molecule has 0 aliphatic carbocycles. The number of aliphatic hydroxyl groups is 1. The molecule has 170 valence electrons. The van der Waals surface area contributed by atoms with Crippen molar-refractivity contribution in [2.24, 2.45) is 0 Å². The summed E-state index contributed by atoms with van der Waals surface area (Å²) in [4.78, 5) is 36.6. The Bertz CT molecular complexity index is 1480. The van der Waals surface area contributed by atoms with Gasteiger partial charge in [-0.1, -0.05) is 29.0 Å². The number of benzene rings is 2. The number of carbonyl (C=O) groups is 2. The van der Waals surface area contributed by atoms with Crippen LogP contribution in [-0.2, 0) is 9.59 Å². The molecule has 5 rings (SSSR count). The number of ketones is 1. The molecule has 2 aromatic carbocycles. The molecule has 0 spiro atoms. The molecule has 4 aromatic rings. The Morgan fingerprint density at radius 3 is 2.62 bits per heavy atom. The third-order valence-corrected chi connectivity index (χ3v) is 7.13. The van der Waals surface area contributed by atoms with Crippen LogP contribution in [0.3, 0.4) is 0 Å². The predicted molar refractivity (Wildman–Crippen MR) is 130 cm³/mol. The van der Waals surface area contributed by atoms with Crippen LogP contribution >= 0.6 is 22.9 Å². The van der Waals surface area contributed by atoms with Gasteiger partial charge in [-0.25, -0.2) is 9.37 Å². The number of Topliss-reactive ketones (excluding diaryl/α,β-unsaturated/α-hetero) is 1. The van der Waals surface area contributed by atoms with Crippen LogP contribution in [-0.4, -0.2) is 26.8 Å². The average molecular weight is 494 g/mol. The molecule has 1 N–H and O–H groups in total. The van der Waals surface area contributed by atoms with E-state index in [4.69, 9.17) is 11.6 Å². The highest BCUT2D eigenvalue weighted by atomic mass is 35.5. The fraction of sp³-hybridized carbons (Fsp3) is 0.120. The number of rotatable bonds is 3. The standard InChI is InChI=1S/C25H17ClFN3O3S/c1-12-10-19-18(11-15(12)26)29-25(34-19)30-21(17-5-3-4-8-28-17)20(23(32)24(30)33)22(31)14-6-7-16(27)13(2)9-14/h3-11,21,31H,1-2H3/b22-20+. The van der Waals surface area contributed by atoms with Gasteiger partial charge < -0.3 is 5.11 Å². The minimum Gasteiger partial charge on any atom is -0.507 e. The first-order valence-electron chi connectivity index (χ1n) is 10.3. The lowest BCUT2D eigenvalue weighted by Gasteiger charge is -2.22. The Labute approximate surface area is 203 Å². The van der Waals surface area contributed by atoms with Gasteiger partial charge in [-0.3, -0.25) is 19.5 Å². The van der Waals surface area contributed by atoms with E-state index in [0.717, 1.165) is 10.3 Å². The fourth-order valence-corrected chi connectivity index (χ4v) is 5.17. The Hall–Kier alpha value is -3.62. The van der Waals surface area contributed by atoms with Crippen LogP contribution in [0.25, 0.3) is 16.0 Å². The molecule has 9 heteroatoms. The molecule has 1 atom stereocenters. The maximum atomic E-state index is 13.8. The number of hydrogen-bond donors (Lipinski definition) is 1. The number of aliphatic hydroxyl groups excluding tert-OH is 1. The summed E-state index contributed by atoms with van der Waals surface area (Å²) in [7, 11) is 0. The monoisotopic (exact) mass is 493 g/mol. The number of pyridine rings is 1. The van der Waals surface area contributed by atoms with Crippen molar-refractivity contribution >= 4 is 55.7 Å². The van der Waals surface area contributed by atoms with Gasteiger partial charge in [0.25, 0.3) is 5.78 Å². The first-order valence-corrected chi connectivity index (χ1v) is 11.5. The largest absolute Gasteiger partial charge is 0.507 e. The molecule has 1 unspecified atom stereocenters. The van der Waals surface area contributed by atoms with E-state index < -0.39 is 29.3 Å². The van der Waals surface area contributed by atoms with Gasteiger partial charge in [-0.15, -0.1) is 0 Å². The van der Waals surface area contributed by atoms with E-state index in [1.165, 1.54) is 34.4 Å². The zero-order chi connectivity index (χ0) is 24.1. The molecule has 1 saturated heterocycles. The van der Waals surface area contributed by atoms with E-state index in [-0.39, 0.29) is 16.3 Å². The van der Waals surface area contributed by atoms with E-state index in [1.807, 2.05) is 13.0 Å². The van der Waals surface area contributed by atoms with E-state index in [1.54, 1.807) is 37.4 Å². The number of nitrogens with zero attached hydrogens (tertiary/aromatic N) is 3. The van der Waals surface area contributed by atoms with Gasteiger partial charge in [0.15, 0.2) is 5.13 Å². The van der Waals surface area contributed by atoms with E-state index in [9.17, 15) is 19.1 Å². The second-order valence-electron chi connectivity index (χ2n) is 7.95. The average Bonchev–Trinajstić information content (AvgIpc) is 3.33. The molecule has 1 aliphatic heterocycles. The highest BCUT2D eigenvalue weighted by Gasteiger charge is 2.48. The molecule has 1 fully saturated rings. The van der Waals surface area contributed by atoms with Crippen LogP contribution in [0.4, 0.5) is 9.52 Å². The summed E-state index contributed by atoms with van der Waals surface area (Å²) in [5.74, 6) is -2.55. The molecule has 0 saturated carbocycles. The minimum absolute atomic E-state index is 0.136. The third-order valence-electron chi connectivity index (χ3n) is 5.71. The van der Waals surface area contributed by atoms with Crippen LogP contribution in [0.15, 0.2) is 60.3 Å². The number of anilines is 1. The second-order valence-corrected chi connectivity index (χ2v) is 9.37. The van der Waals surface area contributed by atoms with Gasteiger partial charge in [0, 0.05) is 16.8 Å². The number of halogens is 2. The van der Waals surface area contributed by atoms with Crippen molar-refractivity contribution in [3.63, 3.8) is 0 Å². The van der Waals surface area contributed by atoms with Gasteiger partial charge in [0.2, 0.25) is 0 Å². The molecule has 6 nitrogen and oxygen atoms in total. The lowest BCUT2D eigenvalue weighted by atomic mass is 9.97. The van der Waals surface area contributed by atoms with Crippen LogP contribution in [0.5, 0.6) is 0 Å². The van der Waals surface area contributed by atoms with Crippen LogP contribution < -0.4 is 4.90 Å². The normalized spacial score (nSPS) is 17.6. The molecule has 0 bridgehead atoms. The van der Waals surface area contributed by atoms with E-state index >= 15 is 0 Å². The highest BCUT2D eigenvalue weighted by molar-refractivity contribution is 7.22. The van der Waals surface area contributed by atoms with Crippen LogP contribution in [0.1, 0.15) is 28.4 Å². The van der Waals surface area contributed by atoms with E-state index in [2.05, 4.69) is 9.97 Å². The first kappa shape index (κ1) is 22.2. The molecular formula is C25H17ClFN3O3S. The van der Waals surface area contributed by atoms with Gasteiger partial charge in [0.05, 0.1) is 21.5 Å². The highest BCUT2D eigenvalue weighted by Crippen LogP contribution is 2.44. The summed E-state index contributed by atoms with van der Waals surface area (Å²) >= 11 is 7.48. The Morgan fingerprint density at radius 2 is 1.91 bits per heavy atom. The number of aromatic nitrogens is 2. The van der Waals surface area contributed by atoms with Crippen LogP contribution in [0.2, 0.25) is 5.02 Å². The van der Waals surface area contributed by atoms with E-state index in [0.29, 0.717) is 21.8 Å². The zero-order valence-corrected chi connectivity index (χ0v) is 19.6. The van der Waals surface area contributed by atoms with Crippen molar-refractivity contribution in [1.82, 2.24) is 9.97 Å². The minimum atomic E-state index is -1.01. The second kappa shape index (κ2) is 8.30. The SMILES string of the molecule is Cc1cc(/C(O)=C2\C(=O)C(=O)N(c3nc4cc(Cl)c(C)cc4s3)C2c2ccccn2)ccc1F. The maximum absolute atomic E-state index is 13.8. The van der Waals surface area contributed by atoms with Gasteiger partial charge in [-0.05, 0) is 67.4 Å².